The number of nitrogens with zero attached hydrogens (tertiary/aromatic N) is 5. The molecule has 2 aromatic carbocycles. The number of hydrogen-bond donors (Lipinski definition) is 1. The van der Waals surface area contributed by atoms with E-state index in [0.29, 0.717) is 0 Å². The summed E-state index contributed by atoms with van der Waals surface area (Å²) in [5.41, 5.74) is 5.44. The van der Waals surface area contributed by atoms with Gasteiger partial charge >= 0.3 is 0 Å². The molecule has 0 unspecified atom stereocenters. The Bertz CT molecular complexity index is 1330. The molecule has 1 aliphatic carbocycles. The molecule has 0 spiro atoms. The van der Waals surface area contributed by atoms with Crippen LogP contribution in [-0.4, -0.2) is 46.2 Å². The van der Waals surface area contributed by atoms with Gasteiger partial charge in [-0.15, -0.1) is 0 Å². The number of ether oxygens (including phenoxy) is 1. The van der Waals surface area contributed by atoms with Gasteiger partial charge in [-0.3, -0.25) is 0 Å². The minimum absolute atomic E-state index is 0.233. The number of fused-ring (bicyclic) bond motifs is 2. The van der Waals surface area contributed by atoms with Gasteiger partial charge in [0.25, 0.3) is 0 Å². The number of pyridine rings is 1. The minimum atomic E-state index is 0.233. The summed E-state index contributed by atoms with van der Waals surface area (Å²) in [4.78, 5) is 6.65. The van der Waals surface area contributed by atoms with Crippen LogP contribution in [0.2, 0.25) is 0 Å². The van der Waals surface area contributed by atoms with Crippen LogP contribution >= 0.6 is 0 Å². The van der Waals surface area contributed by atoms with E-state index in [9.17, 15) is 5.11 Å². The van der Waals surface area contributed by atoms with Crippen molar-refractivity contribution in [3.8, 4) is 17.5 Å². The molecular formula is C27H27N5O2. The molecule has 7 heteroatoms. The van der Waals surface area contributed by atoms with E-state index in [0.717, 1.165) is 60.7 Å². The lowest BCUT2D eigenvalue weighted by Crippen LogP contribution is -2.36. The van der Waals surface area contributed by atoms with Gasteiger partial charge in [0.05, 0.1) is 42.2 Å². The number of aromatic hydroxyl groups is 1. The number of phenols is 1. The van der Waals surface area contributed by atoms with E-state index in [4.69, 9.17) is 10.00 Å². The van der Waals surface area contributed by atoms with Crippen molar-refractivity contribution in [2.45, 2.75) is 25.7 Å². The van der Waals surface area contributed by atoms with Crippen molar-refractivity contribution in [2.75, 3.05) is 31.2 Å². The second-order valence-corrected chi connectivity index (χ2v) is 8.57. The number of morpholine rings is 1. The van der Waals surface area contributed by atoms with Crippen LogP contribution in [0.4, 0.5) is 5.82 Å². The number of phenolic OH excluding ortho intramolecular Hbond substituents is 1. The Labute approximate surface area is 198 Å². The first-order chi connectivity index (χ1) is 16.7. The third-order valence-corrected chi connectivity index (χ3v) is 6.34. The van der Waals surface area contributed by atoms with E-state index in [1.165, 1.54) is 30.4 Å². The summed E-state index contributed by atoms with van der Waals surface area (Å²) in [5.74, 6) is 1.15. The molecule has 1 saturated heterocycles. The van der Waals surface area contributed by atoms with Gasteiger partial charge < -0.3 is 14.7 Å². The Morgan fingerprint density at radius 1 is 0.941 bits per heavy atom. The molecule has 0 amide bonds. The van der Waals surface area contributed by atoms with Crippen LogP contribution in [0.25, 0.3) is 16.6 Å². The molecular weight excluding hydrogens is 426 g/mol. The Morgan fingerprint density at radius 2 is 1.76 bits per heavy atom. The topological polar surface area (TPSA) is 87.2 Å². The summed E-state index contributed by atoms with van der Waals surface area (Å²) < 4.78 is 7.20. The Balaban J connectivity index is 0.000000169. The maximum Gasteiger partial charge on any atom is 0.130 e. The second-order valence-electron chi connectivity index (χ2n) is 8.57. The number of benzene rings is 2. The van der Waals surface area contributed by atoms with E-state index in [1.807, 2.05) is 35.0 Å². The van der Waals surface area contributed by atoms with E-state index in [1.54, 1.807) is 24.5 Å². The summed E-state index contributed by atoms with van der Waals surface area (Å²) in [6.07, 6.45) is 8.52. The zero-order valence-electron chi connectivity index (χ0n) is 19.0. The van der Waals surface area contributed by atoms with Gasteiger partial charge in [0.1, 0.15) is 11.6 Å². The smallest absolute Gasteiger partial charge is 0.130 e. The summed E-state index contributed by atoms with van der Waals surface area (Å²) in [6, 6.07) is 17.4. The maximum absolute atomic E-state index is 9.70. The molecule has 1 aliphatic heterocycles. The highest BCUT2D eigenvalue weighted by Crippen LogP contribution is 2.24. The van der Waals surface area contributed by atoms with Gasteiger partial charge in [0.2, 0.25) is 0 Å². The summed E-state index contributed by atoms with van der Waals surface area (Å²) in [7, 11) is 0. The minimum Gasteiger partial charge on any atom is -0.508 e. The fourth-order valence-corrected chi connectivity index (χ4v) is 4.52. The van der Waals surface area contributed by atoms with Gasteiger partial charge in [-0.2, -0.15) is 10.4 Å². The lowest BCUT2D eigenvalue weighted by Gasteiger charge is -2.28. The molecule has 0 saturated carbocycles. The Morgan fingerprint density at radius 3 is 2.59 bits per heavy atom. The van der Waals surface area contributed by atoms with E-state index in [2.05, 4.69) is 27.1 Å². The van der Waals surface area contributed by atoms with Gasteiger partial charge in [0, 0.05) is 36.8 Å². The number of rotatable bonds is 2. The van der Waals surface area contributed by atoms with E-state index >= 15 is 0 Å². The standard InChI is InChI=1S/C16H16N4O2.C11H11N/c21-14-2-1-12-11-18-20(15(12)10-14)13-3-4-17-16(9-13)19-5-7-22-8-6-19;12-8-9-5-6-10-3-1-2-4-11(10)7-9/h1-4,9-11,21H,5-8H2;5-7H,1-4H2. The summed E-state index contributed by atoms with van der Waals surface area (Å²) >= 11 is 0. The fraction of sp³-hybridized carbons (Fsp3) is 0.296. The van der Waals surface area contributed by atoms with Crippen LogP contribution in [-0.2, 0) is 17.6 Å². The van der Waals surface area contributed by atoms with Crippen molar-refractivity contribution in [1.82, 2.24) is 14.8 Å². The molecule has 172 valence electrons. The molecule has 4 aromatic rings. The van der Waals surface area contributed by atoms with E-state index < -0.39 is 0 Å². The molecule has 6 rings (SSSR count). The zero-order chi connectivity index (χ0) is 23.3. The third kappa shape index (κ3) is 4.73. The predicted octanol–water partition coefficient (Wildman–Crippen LogP) is 4.40. The monoisotopic (exact) mass is 453 g/mol. The Hall–Kier alpha value is -3.89. The molecule has 0 atom stereocenters. The predicted molar refractivity (Wildman–Crippen MR) is 131 cm³/mol. The summed E-state index contributed by atoms with van der Waals surface area (Å²) in [5, 5.41) is 23.8. The lowest BCUT2D eigenvalue weighted by molar-refractivity contribution is 0.122. The maximum atomic E-state index is 9.70. The number of hydrogen-bond acceptors (Lipinski definition) is 6. The second kappa shape index (κ2) is 9.94. The van der Waals surface area contributed by atoms with Gasteiger partial charge in [-0.1, -0.05) is 6.07 Å². The largest absolute Gasteiger partial charge is 0.508 e. The quantitative estimate of drug-likeness (QED) is 0.484. The number of aromatic nitrogens is 3. The highest BCUT2D eigenvalue weighted by Gasteiger charge is 2.14. The third-order valence-electron chi connectivity index (χ3n) is 6.34. The van der Waals surface area contributed by atoms with Gasteiger partial charge in [0.15, 0.2) is 0 Å². The molecule has 34 heavy (non-hydrogen) atoms. The van der Waals surface area contributed by atoms with Gasteiger partial charge in [-0.05, 0) is 67.1 Å². The van der Waals surface area contributed by atoms with Crippen molar-refractivity contribution < 1.29 is 9.84 Å². The van der Waals surface area contributed by atoms with Crippen LogP contribution in [0.3, 0.4) is 0 Å². The fourth-order valence-electron chi connectivity index (χ4n) is 4.52. The van der Waals surface area contributed by atoms with Crippen molar-refractivity contribution in [2.24, 2.45) is 0 Å². The van der Waals surface area contributed by atoms with E-state index in [-0.39, 0.29) is 5.75 Å². The molecule has 0 bridgehead atoms. The molecule has 7 nitrogen and oxygen atoms in total. The average molecular weight is 454 g/mol. The molecule has 2 aromatic heterocycles. The van der Waals surface area contributed by atoms with Crippen molar-refractivity contribution in [1.29, 1.82) is 5.26 Å². The molecule has 1 fully saturated rings. The molecule has 2 aliphatic rings. The highest BCUT2D eigenvalue weighted by molar-refractivity contribution is 5.81. The number of nitriles is 1. The van der Waals surface area contributed by atoms with Crippen LogP contribution in [0, 0.1) is 11.3 Å². The number of anilines is 1. The molecule has 1 N–H and O–H groups in total. The molecule has 0 radical (unpaired) electrons. The van der Waals surface area contributed by atoms with Crippen molar-refractivity contribution in [3.63, 3.8) is 0 Å². The van der Waals surface area contributed by atoms with Crippen molar-refractivity contribution in [3.05, 3.63) is 77.6 Å². The highest BCUT2D eigenvalue weighted by atomic mass is 16.5. The van der Waals surface area contributed by atoms with Gasteiger partial charge in [-0.25, -0.2) is 9.67 Å². The lowest BCUT2D eigenvalue weighted by atomic mass is 9.91. The average Bonchev–Trinajstić information content (AvgIpc) is 3.32. The first-order valence-corrected chi connectivity index (χ1v) is 11.7. The zero-order valence-corrected chi connectivity index (χ0v) is 19.0. The first kappa shape index (κ1) is 21.9. The SMILES string of the molecule is N#Cc1ccc2c(c1)CCCC2.Oc1ccc2cnn(-c3ccnc(N4CCOCC4)c3)c2c1. The van der Waals surface area contributed by atoms with Crippen molar-refractivity contribution >= 4 is 16.7 Å². The molecule has 3 heterocycles. The summed E-state index contributed by atoms with van der Waals surface area (Å²) in [6.45, 7) is 3.14. The van der Waals surface area contributed by atoms with Crippen LogP contribution in [0.15, 0.2) is 60.9 Å². The van der Waals surface area contributed by atoms with Crippen LogP contribution in [0.5, 0.6) is 5.75 Å². The first-order valence-electron chi connectivity index (χ1n) is 11.7. The normalized spacial score (nSPS) is 15.2. The van der Waals surface area contributed by atoms with Crippen LogP contribution < -0.4 is 4.90 Å². The Kier molecular flexibility index (Phi) is 6.41. The number of aryl methyl sites for hydroxylation is 2. The van der Waals surface area contributed by atoms with Crippen LogP contribution in [0.1, 0.15) is 29.5 Å².